The van der Waals surface area contributed by atoms with Crippen LogP contribution in [-0.2, 0) is 0 Å². The summed E-state index contributed by atoms with van der Waals surface area (Å²) < 4.78 is 5.39. The zero-order chi connectivity index (χ0) is 12.8. The molecule has 1 heterocycles. The number of nitrogens with zero attached hydrogens (tertiary/aromatic N) is 1. The molecule has 0 bridgehead atoms. The van der Waals surface area contributed by atoms with E-state index in [2.05, 4.69) is 6.92 Å². The number of carbonyl (C=O) groups excluding carboxylic acids is 1. The first-order valence-corrected chi connectivity index (χ1v) is 6.55. The molecule has 0 fully saturated rings. The van der Waals surface area contributed by atoms with Gasteiger partial charge in [0.1, 0.15) is 11.5 Å². The highest BCUT2D eigenvalue weighted by atomic mass is 35.5. The van der Waals surface area contributed by atoms with Gasteiger partial charge in [0.2, 0.25) is 0 Å². The van der Waals surface area contributed by atoms with E-state index in [9.17, 15) is 4.79 Å². The van der Waals surface area contributed by atoms with E-state index >= 15 is 0 Å². The topological polar surface area (TPSA) is 33.5 Å². The quantitative estimate of drug-likeness (QED) is 0.732. The molecule has 3 nitrogen and oxygen atoms in total. The monoisotopic (exact) mass is 257 g/mol. The Labute approximate surface area is 108 Å². The van der Waals surface area contributed by atoms with Crippen molar-refractivity contribution in [3.63, 3.8) is 0 Å². The van der Waals surface area contributed by atoms with Gasteiger partial charge in [0, 0.05) is 19.0 Å². The molecule has 0 atom stereocenters. The summed E-state index contributed by atoms with van der Waals surface area (Å²) in [5.41, 5.74) is 0.656. The average molecular weight is 258 g/mol. The molecular formula is C13H20ClNO2. The van der Waals surface area contributed by atoms with Crippen molar-refractivity contribution in [2.45, 2.75) is 33.6 Å². The van der Waals surface area contributed by atoms with Crippen molar-refractivity contribution in [1.82, 2.24) is 4.90 Å². The number of furan rings is 1. The number of carbonyl (C=O) groups is 1. The molecular weight excluding hydrogens is 238 g/mol. The van der Waals surface area contributed by atoms with Crippen LogP contribution in [0.3, 0.4) is 0 Å². The minimum atomic E-state index is 0.0217. The van der Waals surface area contributed by atoms with Gasteiger partial charge in [-0.15, -0.1) is 11.6 Å². The van der Waals surface area contributed by atoms with Gasteiger partial charge in [-0.2, -0.15) is 0 Å². The van der Waals surface area contributed by atoms with E-state index in [4.69, 9.17) is 16.0 Å². The number of alkyl halides is 1. The van der Waals surface area contributed by atoms with Crippen LogP contribution in [0.25, 0.3) is 0 Å². The Kier molecular flexibility index (Phi) is 5.56. The van der Waals surface area contributed by atoms with E-state index in [0.29, 0.717) is 23.7 Å². The van der Waals surface area contributed by atoms with Crippen LogP contribution in [0.4, 0.5) is 0 Å². The molecule has 0 unspecified atom stereocenters. The number of rotatable bonds is 6. The Morgan fingerprint density at radius 1 is 1.41 bits per heavy atom. The minimum absolute atomic E-state index is 0.0217. The van der Waals surface area contributed by atoms with Crippen LogP contribution in [-0.4, -0.2) is 29.8 Å². The second-order valence-electron chi connectivity index (χ2n) is 4.16. The highest BCUT2D eigenvalue weighted by Crippen LogP contribution is 2.16. The predicted octanol–water partition coefficient (Wildman–Crippen LogP) is 3.38. The number of halogens is 1. The zero-order valence-electron chi connectivity index (χ0n) is 10.8. The van der Waals surface area contributed by atoms with Crippen molar-refractivity contribution in [3.05, 3.63) is 23.2 Å². The molecule has 0 aromatic carbocycles. The first kappa shape index (κ1) is 14.1. The molecule has 0 saturated heterocycles. The lowest BCUT2D eigenvalue weighted by Crippen LogP contribution is -2.33. The number of amides is 1. The molecule has 4 heteroatoms. The number of unbranched alkanes of at least 4 members (excludes halogenated alkanes) is 1. The molecule has 0 aliphatic carbocycles. The highest BCUT2D eigenvalue weighted by molar-refractivity contribution is 6.18. The standard InChI is InChI=1S/C13H20ClNO2/c1-4-5-7-15(8-6-14)13(16)12-9-10(2)17-11(12)3/h9H,4-8H2,1-3H3. The van der Waals surface area contributed by atoms with Gasteiger partial charge in [0.25, 0.3) is 5.91 Å². The van der Waals surface area contributed by atoms with Crippen LogP contribution in [0.2, 0.25) is 0 Å². The molecule has 0 aliphatic heterocycles. The van der Waals surface area contributed by atoms with Crippen molar-refractivity contribution >= 4 is 17.5 Å². The van der Waals surface area contributed by atoms with Crippen molar-refractivity contribution < 1.29 is 9.21 Å². The second kappa shape index (κ2) is 6.70. The molecule has 0 N–H and O–H groups in total. The Morgan fingerprint density at radius 3 is 2.59 bits per heavy atom. The minimum Gasteiger partial charge on any atom is -0.466 e. The van der Waals surface area contributed by atoms with Crippen LogP contribution in [0.1, 0.15) is 41.6 Å². The van der Waals surface area contributed by atoms with Crippen molar-refractivity contribution in [2.24, 2.45) is 0 Å². The number of hydrogen-bond acceptors (Lipinski definition) is 2. The molecule has 1 amide bonds. The fourth-order valence-electron chi connectivity index (χ4n) is 1.78. The third-order valence-electron chi connectivity index (χ3n) is 2.69. The molecule has 0 saturated carbocycles. The third-order valence-corrected chi connectivity index (χ3v) is 2.86. The van der Waals surface area contributed by atoms with E-state index in [-0.39, 0.29) is 5.91 Å². The third kappa shape index (κ3) is 3.77. The lowest BCUT2D eigenvalue weighted by molar-refractivity contribution is 0.0761. The molecule has 0 aliphatic rings. The van der Waals surface area contributed by atoms with Crippen LogP contribution in [0, 0.1) is 13.8 Å². The fraction of sp³-hybridized carbons (Fsp3) is 0.615. The Bertz CT molecular complexity index is 373. The summed E-state index contributed by atoms with van der Waals surface area (Å²) >= 11 is 5.73. The number of aryl methyl sites for hydroxylation is 2. The summed E-state index contributed by atoms with van der Waals surface area (Å²) in [4.78, 5) is 14.1. The van der Waals surface area contributed by atoms with Crippen molar-refractivity contribution in [3.8, 4) is 0 Å². The van der Waals surface area contributed by atoms with Gasteiger partial charge in [-0.25, -0.2) is 0 Å². The zero-order valence-corrected chi connectivity index (χ0v) is 11.5. The molecule has 0 radical (unpaired) electrons. The fourth-order valence-corrected chi connectivity index (χ4v) is 1.98. The smallest absolute Gasteiger partial charge is 0.257 e. The average Bonchev–Trinajstić information content (AvgIpc) is 2.63. The van der Waals surface area contributed by atoms with Crippen LogP contribution in [0.15, 0.2) is 10.5 Å². The van der Waals surface area contributed by atoms with Crippen LogP contribution in [0.5, 0.6) is 0 Å². The lowest BCUT2D eigenvalue weighted by Gasteiger charge is -2.21. The van der Waals surface area contributed by atoms with Gasteiger partial charge in [-0.05, 0) is 26.3 Å². The van der Waals surface area contributed by atoms with Crippen LogP contribution < -0.4 is 0 Å². The van der Waals surface area contributed by atoms with E-state index in [0.717, 1.165) is 25.1 Å². The number of hydrogen-bond donors (Lipinski definition) is 0. The Balaban J connectivity index is 2.79. The molecule has 17 heavy (non-hydrogen) atoms. The first-order valence-electron chi connectivity index (χ1n) is 6.02. The Morgan fingerprint density at radius 2 is 2.12 bits per heavy atom. The van der Waals surface area contributed by atoms with Gasteiger partial charge in [0.05, 0.1) is 5.56 Å². The maximum atomic E-state index is 12.3. The molecule has 1 aromatic rings. The predicted molar refractivity (Wildman–Crippen MR) is 69.7 cm³/mol. The first-order chi connectivity index (χ1) is 8.10. The van der Waals surface area contributed by atoms with Gasteiger partial charge in [-0.1, -0.05) is 13.3 Å². The van der Waals surface area contributed by atoms with Gasteiger partial charge < -0.3 is 9.32 Å². The van der Waals surface area contributed by atoms with E-state index in [1.165, 1.54) is 0 Å². The van der Waals surface area contributed by atoms with Crippen LogP contribution >= 0.6 is 11.6 Å². The summed E-state index contributed by atoms with van der Waals surface area (Å²) in [6.45, 7) is 7.12. The summed E-state index contributed by atoms with van der Waals surface area (Å²) in [6, 6.07) is 1.80. The lowest BCUT2D eigenvalue weighted by atomic mass is 10.2. The van der Waals surface area contributed by atoms with Gasteiger partial charge in [0.15, 0.2) is 0 Å². The largest absolute Gasteiger partial charge is 0.466 e. The van der Waals surface area contributed by atoms with Gasteiger partial charge in [-0.3, -0.25) is 4.79 Å². The Hall–Kier alpha value is -0.960. The van der Waals surface area contributed by atoms with Gasteiger partial charge >= 0.3 is 0 Å². The van der Waals surface area contributed by atoms with E-state index in [1.54, 1.807) is 11.0 Å². The maximum absolute atomic E-state index is 12.3. The van der Waals surface area contributed by atoms with E-state index < -0.39 is 0 Å². The van der Waals surface area contributed by atoms with Crippen molar-refractivity contribution in [1.29, 1.82) is 0 Å². The normalized spacial score (nSPS) is 10.6. The second-order valence-corrected chi connectivity index (χ2v) is 4.54. The maximum Gasteiger partial charge on any atom is 0.257 e. The summed E-state index contributed by atoms with van der Waals surface area (Å²) in [6.07, 6.45) is 2.06. The SMILES string of the molecule is CCCCN(CCCl)C(=O)c1cc(C)oc1C. The molecule has 96 valence electrons. The summed E-state index contributed by atoms with van der Waals surface area (Å²) in [5.74, 6) is 1.94. The van der Waals surface area contributed by atoms with Crippen molar-refractivity contribution in [2.75, 3.05) is 19.0 Å². The highest BCUT2D eigenvalue weighted by Gasteiger charge is 2.19. The molecule has 1 rings (SSSR count). The van der Waals surface area contributed by atoms with E-state index in [1.807, 2.05) is 13.8 Å². The summed E-state index contributed by atoms with van der Waals surface area (Å²) in [7, 11) is 0. The molecule has 1 aromatic heterocycles. The molecule has 0 spiro atoms. The summed E-state index contributed by atoms with van der Waals surface area (Å²) in [5, 5.41) is 0.